The molecule has 0 atom stereocenters. The minimum atomic E-state index is -0.109. The molecule has 1 aromatic carbocycles. The Morgan fingerprint density at radius 2 is 2.18 bits per heavy atom. The molecule has 0 fully saturated rings. The molecule has 1 rings (SSSR count). The second-order valence-electron chi connectivity index (χ2n) is 3.60. The summed E-state index contributed by atoms with van der Waals surface area (Å²) in [6.07, 6.45) is 1.08. The van der Waals surface area contributed by atoms with Gasteiger partial charge >= 0.3 is 0 Å². The first kappa shape index (κ1) is 13.9. The van der Waals surface area contributed by atoms with Gasteiger partial charge in [-0.3, -0.25) is 4.79 Å². The highest BCUT2D eigenvalue weighted by atomic mass is 79.9. The summed E-state index contributed by atoms with van der Waals surface area (Å²) in [5, 5.41) is 4.05. The maximum absolute atomic E-state index is 11.3. The van der Waals surface area contributed by atoms with Crippen molar-refractivity contribution in [3.8, 4) is 0 Å². The fourth-order valence-corrected chi connectivity index (χ4v) is 1.85. The lowest BCUT2D eigenvalue weighted by Gasteiger charge is -2.04. The molecule has 0 saturated heterocycles. The van der Waals surface area contributed by atoms with Gasteiger partial charge in [-0.15, -0.1) is 0 Å². The minimum Gasteiger partial charge on any atom is -0.330 e. The third-order valence-corrected chi connectivity index (χ3v) is 2.91. The summed E-state index contributed by atoms with van der Waals surface area (Å²) in [5.41, 5.74) is 9.56. The zero-order chi connectivity index (χ0) is 12.7. The fourth-order valence-electron chi connectivity index (χ4n) is 1.28. The number of halogens is 1. The van der Waals surface area contributed by atoms with E-state index in [9.17, 15) is 4.79 Å². The number of nitrogens with zero attached hydrogens (tertiary/aromatic N) is 1. The average Bonchev–Trinajstić information content (AvgIpc) is 2.34. The molecule has 0 spiro atoms. The molecule has 0 aliphatic carbocycles. The van der Waals surface area contributed by atoms with E-state index in [1.165, 1.54) is 0 Å². The predicted octanol–water partition coefficient (Wildman–Crippen LogP) is 2.03. The van der Waals surface area contributed by atoms with Crippen LogP contribution in [0, 0.1) is 0 Å². The van der Waals surface area contributed by atoms with Crippen molar-refractivity contribution < 1.29 is 4.79 Å². The number of hydrazone groups is 1. The normalized spacial score (nSPS) is 11.4. The molecule has 17 heavy (non-hydrogen) atoms. The van der Waals surface area contributed by atoms with Crippen LogP contribution in [-0.4, -0.2) is 18.2 Å². The number of amides is 1. The summed E-state index contributed by atoms with van der Waals surface area (Å²) < 4.78 is 0.956. The van der Waals surface area contributed by atoms with Gasteiger partial charge in [-0.2, -0.15) is 5.10 Å². The average molecular weight is 298 g/mol. The van der Waals surface area contributed by atoms with E-state index >= 15 is 0 Å². The molecule has 1 amide bonds. The summed E-state index contributed by atoms with van der Waals surface area (Å²) in [6.45, 7) is 2.36. The highest BCUT2D eigenvalue weighted by molar-refractivity contribution is 9.10. The smallest absolute Gasteiger partial charge is 0.240 e. The van der Waals surface area contributed by atoms with Gasteiger partial charge in [0.2, 0.25) is 5.91 Å². The van der Waals surface area contributed by atoms with Gasteiger partial charge in [0.15, 0.2) is 0 Å². The molecule has 0 aliphatic heterocycles. The molecule has 92 valence electrons. The third kappa shape index (κ3) is 4.66. The van der Waals surface area contributed by atoms with Crippen LogP contribution in [0.15, 0.2) is 33.8 Å². The first-order chi connectivity index (χ1) is 8.15. The topological polar surface area (TPSA) is 67.5 Å². The lowest BCUT2D eigenvalue weighted by atomic mass is 10.1. The molecule has 1 aromatic rings. The van der Waals surface area contributed by atoms with Crippen molar-refractivity contribution >= 4 is 27.5 Å². The molecule has 4 nitrogen and oxygen atoms in total. The summed E-state index contributed by atoms with van der Waals surface area (Å²) >= 11 is 3.44. The number of nitrogens with one attached hydrogen (secondary N) is 1. The summed E-state index contributed by atoms with van der Waals surface area (Å²) in [5.74, 6) is -0.109. The number of rotatable bonds is 5. The molecule has 3 N–H and O–H groups in total. The van der Waals surface area contributed by atoms with Gasteiger partial charge in [-0.05, 0) is 26.0 Å². The molecule has 0 heterocycles. The van der Waals surface area contributed by atoms with Crippen molar-refractivity contribution in [2.45, 2.75) is 19.8 Å². The lowest BCUT2D eigenvalue weighted by molar-refractivity contribution is -0.121. The van der Waals surface area contributed by atoms with Crippen molar-refractivity contribution in [1.29, 1.82) is 0 Å². The van der Waals surface area contributed by atoms with E-state index in [1.807, 2.05) is 31.2 Å². The van der Waals surface area contributed by atoms with E-state index in [-0.39, 0.29) is 5.91 Å². The first-order valence-corrected chi connectivity index (χ1v) is 6.22. The summed E-state index contributed by atoms with van der Waals surface area (Å²) in [6, 6.07) is 7.73. The van der Waals surface area contributed by atoms with Crippen LogP contribution in [0.3, 0.4) is 0 Å². The van der Waals surface area contributed by atoms with Crippen LogP contribution in [0.25, 0.3) is 0 Å². The van der Waals surface area contributed by atoms with Crippen LogP contribution in [0.1, 0.15) is 25.3 Å². The Balaban J connectivity index is 2.61. The maximum atomic E-state index is 11.3. The third-order valence-electron chi connectivity index (χ3n) is 2.22. The van der Waals surface area contributed by atoms with Crippen molar-refractivity contribution in [1.82, 2.24) is 5.43 Å². The van der Waals surface area contributed by atoms with Gasteiger partial charge in [0.25, 0.3) is 0 Å². The second-order valence-corrected chi connectivity index (χ2v) is 4.46. The Hall–Kier alpha value is -1.20. The SMILES string of the molecule is CC(=NNC(=O)CCCN)c1ccccc1Br. The van der Waals surface area contributed by atoms with Crippen LogP contribution < -0.4 is 11.2 Å². The Kier molecular flexibility index (Phi) is 5.86. The van der Waals surface area contributed by atoms with Crippen molar-refractivity contribution in [2.75, 3.05) is 6.54 Å². The molecular weight excluding hydrogens is 282 g/mol. The Morgan fingerprint density at radius 3 is 2.82 bits per heavy atom. The molecule has 0 aliphatic rings. The van der Waals surface area contributed by atoms with Gasteiger partial charge < -0.3 is 5.73 Å². The van der Waals surface area contributed by atoms with E-state index in [1.54, 1.807) is 0 Å². The van der Waals surface area contributed by atoms with Crippen LogP contribution in [0.5, 0.6) is 0 Å². The Morgan fingerprint density at radius 1 is 1.47 bits per heavy atom. The van der Waals surface area contributed by atoms with Gasteiger partial charge in [-0.25, -0.2) is 5.43 Å². The van der Waals surface area contributed by atoms with E-state index in [0.717, 1.165) is 15.7 Å². The van der Waals surface area contributed by atoms with Crippen molar-refractivity contribution in [2.24, 2.45) is 10.8 Å². The van der Waals surface area contributed by atoms with E-state index < -0.39 is 0 Å². The molecule has 5 heteroatoms. The Bertz CT molecular complexity index is 418. The maximum Gasteiger partial charge on any atom is 0.240 e. The van der Waals surface area contributed by atoms with Gasteiger partial charge in [-0.1, -0.05) is 34.1 Å². The second kappa shape index (κ2) is 7.19. The molecule has 0 radical (unpaired) electrons. The highest BCUT2D eigenvalue weighted by Gasteiger charge is 2.03. The first-order valence-electron chi connectivity index (χ1n) is 5.43. The van der Waals surface area contributed by atoms with Gasteiger partial charge in [0.1, 0.15) is 0 Å². The van der Waals surface area contributed by atoms with Crippen LogP contribution in [-0.2, 0) is 4.79 Å². The molecule has 0 bridgehead atoms. The monoisotopic (exact) mass is 297 g/mol. The summed E-state index contributed by atoms with van der Waals surface area (Å²) in [4.78, 5) is 11.3. The van der Waals surface area contributed by atoms with E-state index in [0.29, 0.717) is 19.4 Å². The van der Waals surface area contributed by atoms with E-state index in [4.69, 9.17) is 5.73 Å². The summed E-state index contributed by atoms with van der Waals surface area (Å²) in [7, 11) is 0. The largest absolute Gasteiger partial charge is 0.330 e. The van der Waals surface area contributed by atoms with Crippen LogP contribution in [0.4, 0.5) is 0 Å². The predicted molar refractivity (Wildman–Crippen MR) is 72.8 cm³/mol. The van der Waals surface area contributed by atoms with Gasteiger partial charge in [0, 0.05) is 16.5 Å². The molecule has 0 unspecified atom stereocenters. The molecular formula is C12H16BrN3O. The van der Waals surface area contributed by atoms with Crippen molar-refractivity contribution in [3.63, 3.8) is 0 Å². The molecule has 0 aromatic heterocycles. The number of carbonyl (C=O) groups is 1. The standard InChI is InChI=1S/C12H16BrN3O/c1-9(10-5-2-3-6-11(10)13)15-16-12(17)7-4-8-14/h2-3,5-6H,4,7-8,14H2,1H3,(H,16,17). The van der Waals surface area contributed by atoms with Crippen LogP contribution >= 0.6 is 15.9 Å². The quantitative estimate of drug-likeness (QED) is 0.645. The number of benzene rings is 1. The number of hydrogen-bond donors (Lipinski definition) is 2. The highest BCUT2D eigenvalue weighted by Crippen LogP contribution is 2.16. The number of hydrogen-bond acceptors (Lipinski definition) is 3. The minimum absolute atomic E-state index is 0.109. The van der Waals surface area contributed by atoms with Crippen LogP contribution in [0.2, 0.25) is 0 Å². The lowest BCUT2D eigenvalue weighted by Crippen LogP contribution is -2.20. The number of carbonyl (C=O) groups excluding carboxylic acids is 1. The Labute approximate surface area is 109 Å². The number of nitrogens with two attached hydrogens (primary N) is 1. The zero-order valence-corrected chi connectivity index (χ0v) is 11.3. The van der Waals surface area contributed by atoms with Crippen molar-refractivity contribution in [3.05, 3.63) is 34.3 Å². The van der Waals surface area contributed by atoms with E-state index in [2.05, 4.69) is 26.5 Å². The fraction of sp³-hybridized carbons (Fsp3) is 0.333. The molecule has 0 saturated carbocycles. The van der Waals surface area contributed by atoms with Gasteiger partial charge in [0.05, 0.1) is 5.71 Å². The zero-order valence-electron chi connectivity index (χ0n) is 9.74.